The molecule has 106 valence electrons. The van der Waals surface area contributed by atoms with Crippen molar-refractivity contribution in [2.75, 3.05) is 13.2 Å². The van der Waals surface area contributed by atoms with Crippen LogP contribution in [0.4, 0.5) is 0 Å². The Bertz CT molecular complexity index is 624. The maximum Gasteiger partial charge on any atom is 0.161 e. The number of hydrogen-bond donors (Lipinski definition) is 1. The summed E-state index contributed by atoms with van der Waals surface area (Å²) in [6.07, 6.45) is -0.661. The predicted molar refractivity (Wildman–Crippen MR) is 71.9 cm³/mol. The smallest absolute Gasteiger partial charge is 0.161 e. The van der Waals surface area contributed by atoms with E-state index in [0.29, 0.717) is 31.3 Å². The summed E-state index contributed by atoms with van der Waals surface area (Å²) in [5, 5.41) is 14.6. The third-order valence-corrected chi connectivity index (χ3v) is 3.26. The highest BCUT2D eigenvalue weighted by Gasteiger charge is 2.16. The average molecular weight is 275 g/mol. The van der Waals surface area contributed by atoms with Crippen molar-refractivity contribution in [3.8, 4) is 11.5 Å². The highest BCUT2D eigenvalue weighted by Crippen LogP contribution is 2.32. The van der Waals surface area contributed by atoms with Gasteiger partial charge in [-0.15, -0.1) is 0 Å². The number of fused-ring (bicyclic) bond motifs is 1. The standard InChI is InChI=1S/C14H17N3O3/c1-9-15-10(2)17(16-9)8-12(18)11-3-4-13-14(7-11)20-6-5-19-13/h3-4,7,12,18H,5-6,8H2,1-2H3. The highest BCUT2D eigenvalue weighted by molar-refractivity contribution is 5.44. The van der Waals surface area contributed by atoms with Gasteiger partial charge in [-0.2, -0.15) is 5.10 Å². The molecular formula is C14H17N3O3. The molecule has 0 amide bonds. The molecule has 0 saturated heterocycles. The molecule has 0 bridgehead atoms. The second-order valence-electron chi connectivity index (χ2n) is 4.81. The summed E-state index contributed by atoms with van der Waals surface area (Å²) in [4.78, 5) is 4.22. The lowest BCUT2D eigenvalue weighted by Crippen LogP contribution is -2.16. The first-order valence-electron chi connectivity index (χ1n) is 6.59. The minimum Gasteiger partial charge on any atom is -0.486 e. The molecule has 2 heterocycles. The number of aliphatic hydroxyl groups is 1. The number of aromatic nitrogens is 3. The maximum atomic E-state index is 10.3. The van der Waals surface area contributed by atoms with Crippen molar-refractivity contribution >= 4 is 0 Å². The van der Waals surface area contributed by atoms with E-state index in [1.54, 1.807) is 4.68 Å². The lowest BCUT2D eigenvalue weighted by atomic mass is 10.1. The second kappa shape index (κ2) is 5.13. The fraction of sp³-hybridized carbons (Fsp3) is 0.429. The van der Waals surface area contributed by atoms with Gasteiger partial charge < -0.3 is 14.6 Å². The van der Waals surface area contributed by atoms with Crippen LogP contribution in [-0.4, -0.2) is 33.1 Å². The summed E-state index contributed by atoms with van der Waals surface area (Å²) in [5.74, 6) is 2.90. The zero-order valence-corrected chi connectivity index (χ0v) is 11.5. The van der Waals surface area contributed by atoms with Crippen LogP contribution in [-0.2, 0) is 6.54 Å². The van der Waals surface area contributed by atoms with E-state index in [1.807, 2.05) is 32.0 Å². The molecule has 1 aliphatic heterocycles. The van der Waals surface area contributed by atoms with Crippen LogP contribution < -0.4 is 9.47 Å². The van der Waals surface area contributed by atoms with Crippen molar-refractivity contribution in [3.05, 3.63) is 35.4 Å². The molecule has 3 rings (SSSR count). The van der Waals surface area contributed by atoms with Crippen LogP contribution in [0.15, 0.2) is 18.2 Å². The van der Waals surface area contributed by atoms with Gasteiger partial charge in [0.15, 0.2) is 11.5 Å². The Kier molecular flexibility index (Phi) is 3.31. The number of rotatable bonds is 3. The van der Waals surface area contributed by atoms with Gasteiger partial charge in [-0.1, -0.05) is 6.07 Å². The predicted octanol–water partition coefficient (Wildman–Crippen LogP) is 1.40. The first-order chi connectivity index (χ1) is 9.63. The van der Waals surface area contributed by atoms with E-state index in [9.17, 15) is 5.11 Å². The molecular weight excluding hydrogens is 258 g/mol. The number of benzene rings is 1. The third kappa shape index (κ3) is 2.46. The highest BCUT2D eigenvalue weighted by atomic mass is 16.6. The van der Waals surface area contributed by atoms with Crippen molar-refractivity contribution in [2.45, 2.75) is 26.5 Å². The number of aliphatic hydroxyl groups excluding tert-OH is 1. The molecule has 0 spiro atoms. The lowest BCUT2D eigenvalue weighted by Gasteiger charge is -2.20. The zero-order valence-electron chi connectivity index (χ0n) is 11.5. The van der Waals surface area contributed by atoms with E-state index in [2.05, 4.69) is 10.1 Å². The van der Waals surface area contributed by atoms with Crippen molar-refractivity contribution in [3.63, 3.8) is 0 Å². The van der Waals surface area contributed by atoms with E-state index in [1.165, 1.54) is 0 Å². The van der Waals surface area contributed by atoms with Crippen LogP contribution in [0.2, 0.25) is 0 Å². The minimum atomic E-state index is -0.661. The molecule has 6 heteroatoms. The van der Waals surface area contributed by atoms with Gasteiger partial charge in [-0.25, -0.2) is 9.67 Å². The van der Waals surface area contributed by atoms with Crippen molar-refractivity contribution in [1.29, 1.82) is 0 Å². The third-order valence-electron chi connectivity index (χ3n) is 3.26. The van der Waals surface area contributed by atoms with E-state index in [0.717, 1.165) is 17.1 Å². The Morgan fingerprint density at radius 1 is 1.25 bits per heavy atom. The molecule has 1 aromatic heterocycles. The van der Waals surface area contributed by atoms with E-state index < -0.39 is 6.10 Å². The molecule has 0 fully saturated rings. The Hall–Kier alpha value is -2.08. The van der Waals surface area contributed by atoms with Gasteiger partial charge in [-0.3, -0.25) is 0 Å². The van der Waals surface area contributed by atoms with Gasteiger partial charge in [0.2, 0.25) is 0 Å². The van der Waals surface area contributed by atoms with Gasteiger partial charge in [0.1, 0.15) is 24.9 Å². The monoisotopic (exact) mass is 275 g/mol. The van der Waals surface area contributed by atoms with Gasteiger partial charge >= 0.3 is 0 Å². The molecule has 2 aromatic rings. The lowest BCUT2D eigenvalue weighted by molar-refractivity contribution is 0.146. The number of hydrogen-bond acceptors (Lipinski definition) is 5. The summed E-state index contributed by atoms with van der Waals surface area (Å²) in [6.45, 7) is 5.17. The Morgan fingerprint density at radius 2 is 2.00 bits per heavy atom. The Balaban J connectivity index is 1.80. The molecule has 20 heavy (non-hydrogen) atoms. The van der Waals surface area contributed by atoms with Crippen LogP contribution in [0.1, 0.15) is 23.3 Å². The normalized spacial score (nSPS) is 15.2. The quantitative estimate of drug-likeness (QED) is 0.917. The number of ether oxygens (including phenoxy) is 2. The minimum absolute atomic E-state index is 0.367. The molecule has 0 radical (unpaired) electrons. The number of aryl methyl sites for hydroxylation is 2. The molecule has 1 atom stereocenters. The molecule has 6 nitrogen and oxygen atoms in total. The van der Waals surface area contributed by atoms with Crippen molar-refractivity contribution in [1.82, 2.24) is 14.8 Å². The molecule has 1 aliphatic rings. The first kappa shape index (κ1) is 12.9. The summed E-state index contributed by atoms with van der Waals surface area (Å²) in [6, 6.07) is 5.49. The SMILES string of the molecule is Cc1nc(C)n(CC(O)c2ccc3c(c2)OCCO3)n1. The zero-order chi connectivity index (χ0) is 14.1. The Labute approximate surface area is 117 Å². The van der Waals surface area contributed by atoms with Gasteiger partial charge in [-0.05, 0) is 31.5 Å². The van der Waals surface area contributed by atoms with E-state index >= 15 is 0 Å². The summed E-state index contributed by atoms with van der Waals surface area (Å²) >= 11 is 0. The molecule has 1 aromatic carbocycles. The fourth-order valence-electron chi connectivity index (χ4n) is 2.27. The van der Waals surface area contributed by atoms with Gasteiger partial charge in [0.25, 0.3) is 0 Å². The van der Waals surface area contributed by atoms with Gasteiger partial charge in [0.05, 0.1) is 12.6 Å². The topological polar surface area (TPSA) is 69.4 Å². The fourth-order valence-corrected chi connectivity index (χ4v) is 2.27. The van der Waals surface area contributed by atoms with E-state index in [-0.39, 0.29) is 0 Å². The molecule has 0 aliphatic carbocycles. The van der Waals surface area contributed by atoms with Crippen molar-refractivity contribution < 1.29 is 14.6 Å². The summed E-state index contributed by atoms with van der Waals surface area (Å²) in [5.41, 5.74) is 0.779. The molecule has 0 saturated carbocycles. The van der Waals surface area contributed by atoms with Crippen LogP contribution in [0.5, 0.6) is 11.5 Å². The summed E-state index contributed by atoms with van der Waals surface area (Å²) < 4.78 is 12.7. The first-order valence-corrected chi connectivity index (χ1v) is 6.59. The average Bonchev–Trinajstić information content (AvgIpc) is 2.76. The van der Waals surface area contributed by atoms with Crippen LogP contribution in [0.3, 0.4) is 0 Å². The van der Waals surface area contributed by atoms with Gasteiger partial charge in [0, 0.05) is 0 Å². The summed E-state index contributed by atoms with van der Waals surface area (Å²) in [7, 11) is 0. The van der Waals surface area contributed by atoms with Crippen LogP contribution >= 0.6 is 0 Å². The Morgan fingerprint density at radius 3 is 2.70 bits per heavy atom. The van der Waals surface area contributed by atoms with Crippen LogP contribution in [0, 0.1) is 13.8 Å². The maximum absolute atomic E-state index is 10.3. The van der Waals surface area contributed by atoms with Crippen molar-refractivity contribution in [2.24, 2.45) is 0 Å². The molecule has 1 N–H and O–H groups in total. The number of nitrogens with zero attached hydrogens (tertiary/aromatic N) is 3. The van der Waals surface area contributed by atoms with E-state index in [4.69, 9.17) is 9.47 Å². The molecule has 1 unspecified atom stereocenters. The largest absolute Gasteiger partial charge is 0.486 e. The second-order valence-corrected chi connectivity index (χ2v) is 4.81. The van der Waals surface area contributed by atoms with Crippen LogP contribution in [0.25, 0.3) is 0 Å².